The van der Waals surface area contributed by atoms with Gasteiger partial charge >= 0.3 is 0 Å². The summed E-state index contributed by atoms with van der Waals surface area (Å²) in [6.45, 7) is 2.21. The van der Waals surface area contributed by atoms with E-state index < -0.39 is 6.08 Å². The minimum Gasteiger partial charge on any atom is -0.174 e. The lowest BCUT2D eigenvalue weighted by atomic mass is 10.00. The summed E-state index contributed by atoms with van der Waals surface area (Å²) in [5.41, 5.74) is 4.55. The first-order valence-electron chi connectivity index (χ1n) is 7.88. The fraction of sp³-hybridized carbons (Fsp3) is 0.300. The van der Waals surface area contributed by atoms with Gasteiger partial charge in [-0.3, -0.25) is 0 Å². The smallest absolute Gasteiger partial charge is 0.174 e. The summed E-state index contributed by atoms with van der Waals surface area (Å²) >= 11 is 0. The van der Waals surface area contributed by atoms with Gasteiger partial charge in [0, 0.05) is 0 Å². The number of benzene rings is 2. The molecule has 2 aromatic carbocycles. The topological polar surface area (TPSA) is 0 Å². The average molecular weight is 300 g/mol. The molecular formula is C20H22F2. The number of aryl methyl sites for hydroxylation is 1. The van der Waals surface area contributed by atoms with Gasteiger partial charge in [0.05, 0.1) is 0 Å². The molecule has 0 bridgehead atoms. The van der Waals surface area contributed by atoms with Crippen LogP contribution in [0.2, 0.25) is 0 Å². The molecule has 0 heterocycles. The van der Waals surface area contributed by atoms with E-state index >= 15 is 0 Å². The molecule has 0 atom stereocenters. The number of hydrogen-bond donors (Lipinski definition) is 0. The van der Waals surface area contributed by atoms with Crippen molar-refractivity contribution in [2.75, 3.05) is 0 Å². The van der Waals surface area contributed by atoms with E-state index in [0.717, 1.165) is 29.2 Å². The van der Waals surface area contributed by atoms with Crippen LogP contribution in [-0.4, -0.2) is 0 Å². The normalized spacial score (nSPS) is 10.5. The summed E-state index contributed by atoms with van der Waals surface area (Å²) in [5.74, 6) is 0. The van der Waals surface area contributed by atoms with Gasteiger partial charge < -0.3 is 0 Å². The minimum atomic E-state index is -1.62. The second-order valence-electron chi connectivity index (χ2n) is 5.55. The van der Waals surface area contributed by atoms with Crippen molar-refractivity contribution >= 4 is 0 Å². The number of rotatable bonds is 7. The van der Waals surface area contributed by atoms with Crippen LogP contribution >= 0.6 is 0 Å². The molecule has 0 saturated carbocycles. The summed E-state index contributed by atoms with van der Waals surface area (Å²) in [4.78, 5) is 0. The standard InChI is InChI=1S/C20H22F2/c1-2-3-4-5-16-6-11-18(12-7-16)19-13-8-17(9-14-19)10-15-20(21)22/h6-9,11-15H,2-5,10H2,1H3. The highest BCUT2D eigenvalue weighted by molar-refractivity contribution is 5.64. The van der Waals surface area contributed by atoms with Gasteiger partial charge in [0.1, 0.15) is 0 Å². The fourth-order valence-corrected chi connectivity index (χ4v) is 2.47. The third kappa shape index (κ3) is 5.10. The Hall–Kier alpha value is -1.96. The SMILES string of the molecule is CCCCCc1ccc(-c2ccc(CC=C(F)F)cc2)cc1. The lowest BCUT2D eigenvalue weighted by Crippen LogP contribution is -1.86. The molecule has 0 radical (unpaired) electrons. The predicted octanol–water partition coefficient (Wildman–Crippen LogP) is 6.41. The van der Waals surface area contributed by atoms with Crippen LogP contribution in [0.5, 0.6) is 0 Å². The maximum Gasteiger partial charge on any atom is 0.266 e. The summed E-state index contributed by atoms with van der Waals surface area (Å²) in [6, 6.07) is 16.4. The van der Waals surface area contributed by atoms with Crippen molar-refractivity contribution in [3.8, 4) is 11.1 Å². The van der Waals surface area contributed by atoms with Crippen LogP contribution in [0.25, 0.3) is 11.1 Å². The van der Waals surface area contributed by atoms with Gasteiger partial charge in [0.15, 0.2) is 0 Å². The zero-order valence-electron chi connectivity index (χ0n) is 13.0. The Kier molecular flexibility index (Phi) is 6.32. The first kappa shape index (κ1) is 16.4. The Morgan fingerprint density at radius 3 is 1.86 bits per heavy atom. The van der Waals surface area contributed by atoms with Crippen molar-refractivity contribution < 1.29 is 8.78 Å². The third-order valence-electron chi connectivity index (χ3n) is 3.80. The van der Waals surface area contributed by atoms with Gasteiger partial charge in [-0.2, -0.15) is 8.78 Å². The zero-order chi connectivity index (χ0) is 15.8. The first-order chi connectivity index (χ1) is 10.7. The van der Waals surface area contributed by atoms with Crippen molar-refractivity contribution in [3.63, 3.8) is 0 Å². The first-order valence-corrected chi connectivity index (χ1v) is 7.88. The number of unbranched alkanes of at least 4 members (excludes halogenated alkanes) is 2. The summed E-state index contributed by atoms with van der Waals surface area (Å²) in [6.07, 6.45) is 4.49. The van der Waals surface area contributed by atoms with E-state index in [4.69, 9.17) is 0 Å². The van der Waals surface area contributed by atoms with E-state index in [1.165, 1.54) is 24.8 Å². The number of allylic oxidation sites excluding steroid dienone is 1. The van der Waals surface area contributed by atoms with Crippen LogP contribution in [0.3, 0.4) is 0 Å². The Bertz CT molecular complexity index is 591. The summed E-state index contributed by atoms with van der Waals surface area (Å²) < 4.78 is 24.1. The third-order valence-corrected chi connectivity index (χ3v) is 3.80. The number of hydrogen-bond acceptors (Lipinski definition) is 0. The van der Waals surface area contributed by atoms with Crippen LogP contribution in [-0.2, 0) is 12.8 Å². The molecule has 0 spiro atoms. The molecule has 0 amide bonds. The highest BCUT2D eigenvalue weighted by Gasteiger charge is 2.00. The molecule has 2 heteroatoms. The van der Waals surface area contributed by atoms with E-state index in [1.54, 1.807) is 0 Å². The molecule has 22 heavy (non-hydrogen) atoms. The fourth-order valence-electron chi connectivity index (χ4n) is 2.47. The molecule has 116 valence electrons. The Labute approximate surface area is 131 Å². The maximum atomic E-state index is 12.1. The predicted molar refractivity (Wildman–Crippen MR) is 89.1 cm³/mol. The number of halogens is 2. The zero-order valence-corrected chi connectivity index (χ0v) is 13.0. The van der Waals surface area contributed by atoms with Crippen molar-refractivity contribution in [3.05, 3.63) is 71.8 Å². The van der Waals surface area contributed by atoms with Crippen LogP contribution in [0, 0.1) is 0 Å². The molecule has 0 aliphatic heterocycles. The minimum absolute atomic E-state index is 0.277. The van der Waals surface area contributed by atoms with Crippen molar-refractivity contribution in [1.82, 2.24) is 0 Å². The second kappa shape index (κ2) is 8.47. The average Bonchev–Trinajstić information content (AvgIpc) is 2.54. The highest BCUT2D eigenvalue weighted by atomic mass is 19.3. The molecule has 0 aromatic heterocycles. The Morgan fingerprint density at radius 1 is 0.818 bits per heavy atom. The second-order valence-corrected chi connectivity index (χ2v) is 5.55. The van der Waals surface area contributed by atoms with Crippen LogP contribution in [0.1, 0.15) is 37.3 Å². The lowest BCUT2D eigenvalue weighted by molar-refractivity contribution is 0.418. The van der Waals surface area contributed by atoms with E-state index in [-0.39, 0.29) is 6.42 Å². The maximum absolute atomic E-state index is 12.1. The Balaban J connectivity index is 2.00. The molecule has 0 aliphatic carbocycles. The summed E-state index contributed by atoms with van der Waals surface area (Å²) in [7, 11) is 0. The quantitative estimate of drug-likeness (QED) is 0.518. The van der Waals surface area contributed by atoms with Crippen LogP contribution in [0.4, 0.5) is 8.78 Å². The van der Waals surface area contributed by atoms with Gasteiger partial charge in [-0.15, -0.1) is 0 Å². The van der Waals surface area contributed by atoms with E-state index in [0.29, 0.717) is 0 Å². The monoisotopic (exact) mass is 300 g/mol. The molecule has 0 saturated heterocycles. The van der Waals surface area contributed by atoms with E-state index in [9.17, 15) is 8.78 Å². The molecule has 2 rings (SSSR count). The molecule has 0 aliphatic rings. The molecule has 2 aromatic rings. The van der Waals surface area contributed by atoms with E-state index in [2.05, 4.69) is 31.2 Å². The van der Waals surface area contributed by atoms with Gasteiger partial charge in [0.2, 0.25) is 0 Å². The highest BCUT2D eigenvalue weighted by Crippen LogP contribution is 2.21. The summed E-state index contributed by atoms with van der Waals surface area (Å²) in [5, 5.41) is 0. The largest absolute Gasteiger partial charge is 0.266 e. The molecule has 0 unspecified atom stereocenters. The molecule has 0 nitrogen and oxygen atoms in total. The molecule has 0 N–H and O–H groups in total. The van der Waals surface area contributed by atoms with Gasteiger partial charge in [0.25, 0.3) is 6.08 Å². The van der Waals surface area contributed by atoms with Gasteiger partial charge in [-0.25, -0.2) is 0 Å². The van der Waals surface area contributed by atoms with Crippen LogP contribution < -0.4 is 0 Å². The lowest BCUT2D eigenvalue weighted by Gasteiger charge is -2.05. The van der Waals surface area contributed by atoms with Crippen molar-refractivity contribution in [2.24, 2.45) is 0 Å². The molecular weight excluding hydrogens is 278 g/mol. The van der Waals surface area contributed by atoms with Crippen molar-refractivity contribution in [1.29, 1.82) is 0 Å². The molecule has 0 fully saturated rings. The van der Waals surface area contributed by atoms with Gasteiger partial charge in [-0.1, -0.05) is 68.3 Å². The van der Waals surface area contributed by atoms with Gasteiger partial charge in [-0.05, 0) is 47.6 Å². The van der Waals surface area contributed by atoms with Crippen LogP contribution in [0.15, 0.2) is 60.7 Å². The Morgan fingerprint density at radius 2 is 1.36 bits per heavy atom. The van der Waals surface area contributed by atoms with E-state index in [1.807, 2.05) is 24.3 Å². The van der Waals surface area contributed by atoms with Crippen molar-refractivity contribution in [2.45, 2.75) is 39.0 Å².